The zero-order chi connectivity index (χ0) is 9.26. The molecule has 1 aliphatic rings. The van der Waals surface area contributed by atoms with Crippen molar-refractivity contribution in [2.75, 3.05) is 4.90 Å². The lowest BCUT2D eigenvalue weighted by atomic mass is 10.1. The van der Waals surface area contributed by atoms with Crippen molar-refractivity contribution in [3.63, 3.8) is 0 Å². The van der Waals surface area contributed by atoms with Crippen molar-refractivity contribution in [3.8, 4) is 0 Å². The second-order valence-electron chi connectivity index (χ2n) is 2.74. The molecule has 1 N–H and O–H groups in total. The monoisotopic (exact) mass is 176 g/mol. The number of nitrogens with zero attached hydrogens (tertiary/aromatic N) is 2. The Kier molecular flexibility index (Phi) is 1.73. The van der Waals surface area contributed by atoms with Crippen molar-refractivity contribution < 1.29 is 9.90 Å². The Morgan fingerprint density at radius 1 is 1.46 bits per heavy atom. The van der Waals surface area contributed by atoms with Crippen LogP contribution in [0.25, 0.3) is 0 Å². The van der Waals surface area contributed by atoms with Crippen LogP contribution in [0.5, 0.6) is 0 Å². The maximum Gasteiger partial charge on any atom is 0.417 e. The third kappa shape index (κ3) is 1.26. The summed E-state index contributed by atoms with van der Waals surface area (Å²) in [5.41, 5.74) is 1.64. The molecule has 4 heteroatoms. The molecule has 0 aromatic heterocycles. The minimum absolute atomic E-state index is 0.556. The molecule has 1 amide bonds. The summed E-state index contributed by atoms with van der Waals surface area (Å²) in [6.45, 7) is 0.556. The van der Waals surface area contributed by atoms with Crippen LogP contribution in [0.2, 0.25) is 0 Å². The average molecular weight is 176 g/mol. The van der Waals surface area contributed by atoms with Crippen molar-refractivity contribution >= 4 is 18.1 Å². The fraction of sp³-hybridized carbons (Fsp3) is 0.111. The van der Waals surface area contributed by atoms with Gasteiger partial charge in [0, 0.05) is 0 Å². The van der Waals surface area contributed by atoms with Gasteiger partial charge in [0.25, 0.3) is 0 Å². The minimum Gasteiger partial charge on any atom is -0.464 e. The van der Waals surface area contributed by atoms with Crippen LogP contribution in [0.3, 0.4) is 0 Å². The van der Waals surface area contributed by atoms with Gasteiger partial charge >= 0.3 is 6.09 Å². The largest absolute Gasteiger partial charge is 0.464 e. The van der Waals surface area contributed by atoms with Crippen LogP contribution in [0.1, 0.15) is 5.56 Å². The molecule has 66 valence electrons. The fourth-order valence-electron chi connectivity index (χ4n) is 1.32. The summed E-state index contributed by atoms with van der Waals surface area (Å²) >= 11 is 0. The summed E-state index contributed by atoms with van der Waals surface area (Å²) < 4.78 is 0. The summed E-state index contributed by atoms with van der Waals surface area (Å²) in [5, 5.41) is 8.82. The van der Waals surface area contributed by atoms with E-state index in [-0.39, 0.29) is 0 Å². The fourth-order valence-corrected chi connectivity index (χ4v) is 1.32. The van der Waals surface area contributed by atoms with Crippen LogP contribution in [0.15, 0.2) is 29.3 Å². The molecule has 13 heavy (non-hydrogen) atoms. The highest BCUT2D eigenvalue weighted by Crippen LogP contribution is 2.23. The van der Waals surface area contributed by atoms with E-state index in [2.05, 4.69) is 4.99 Å². The molecule has 4 nitrogen and oxygen atoms in total. The Hall–Kier alpha value is -1.84. The molecule has 0 fully saturated rings. The van der Waals surface area contributed by atoms with Crippen LogP contribution in [-0.2, 0) is 6.54 Å². The maximum absolute atomic E-state index is 10.8. The average Bonchev–Trinajstić information content (AvgIpc) is 2.17. The van der Waals surface area contributed by atoms with E-state index in [1.807, 2.05) is 18.2 Å². The second-order valence-corrected chi connectivity index (χ2v) is 2.74. The van der Waals surface area contributed by atoms with Gasteiger partial charge in [-0.25, -0.2) is 9.69 Å². The molecule has 0 unspecified atom stereocenters. The lowest BCUT2D eigenvalue weighted by Gasteiger charge is -2.20. The van der Waals surface area contributed by atoms with Gasteiger partial charge in [0.1, 0.15) is 6.34 Å². The van der Waals surface area contributed by atoms with E-state index in [1.165, 1.54) is 6.34 Å². The van der Waals surface area contributed by atoms with E-state index >= 15 is 0 Å². The molecule has 1 heterocycles. The first-order valence-corrected chi connectivity index (χ1v) is 3.89. The molecule has 2 rings (SSSR count). The molecule has 1 aliphatic heterocycles. The number of carboxylic acid groups (broad SMARTS) is 1. The van der Waals surface area contributed by atoms with Gasteiger partial charge in [-0.3, -0.25) is 4.99 Å². The van der Waals surface area contributed by atoms with Gasteiger partial charge in [0.05, 0.1) is 12.2 Å². The molecule has 0 saturated carbocycles. The molecule has 1 aromatic carbocycles. The summed E-state index contributed by atoms with van der Waals surface area (Å²) in [5.74, 6) is 0. The molecule has 0 saturated heterocycles. The van der Waals surface area contributed by atoms with Gasteiger partial charge in [0.15, 0.2) is 0 Å². The summed E-state index contributed by atoms with van der Waals surface area (Å²) in [6, 6.07) is 7.34. The zero-order valence-electron chi connectivity index (χ0n) is 6.84. The number of amides is 1. The molecule has 0 atom stereocenters. The summed E-state index contributed by atoms with van der Waals surface area (Å²) in [7, 11) is 0. The van der Waals surface area contributed by atoms with E-state index < -0.39 is 6.09 Å². The number of benzene rings is 1. The standard InChI is InChI=1S/C9H8N2O2/c12-9(13)11-6-10-5-7-3-1-2-4-8(7)11/h1-4,6H,5H2,(H,12,13). The van der Waals surface area contributed by atoms with E-state index in [9.17, 15) is 4.79 Å². The first-order valence-electron chi connectivity index (χ1n) is 3.89. The Morgan fingerprint density at radius 2 is 2.23 bits per heavy atom. The Labute approximate surface area is 75.1 Å². The third-order valence-electron chi connectivity index (χ3n) is 1.92. The number of anilines is 1. The van der Waals surface area contributed by atoms with Gasteiger partial charge in [-0.15, -0.1) is 0 Å². The van der Waals surface area contributed by atoms with Gasteiger partial charge in [-0.05, 0) is 11.6 Å². The predicted octanol–water partition coefficient (Wildman–Crippen LogP) is 1.71. The van der Waals surface area contributed by atoms with E-state index in [0.29, 0.717) is 12.2 Å². The van der Waals surface area contributed by atoms with E-state index in [1.54, 1.807) is 6.07 Å². The zero-order valence-corrected chi connectivity index (χ0v) is 6.84. The Balaban J connectivity index is 2.48. The Bertz CT molecular complexity index is 374. The highest BCUT2D eigenvalue weighted by molar-refractivity contribution is 6.05. The van der Waals surface area contributed by atoms with Gasteiger partial charge in [0.2, 0.25) is 0 Å². The van der Waals surface area contributed by atoms with Crippen molar-refractivity contribution in [1.29, 1.82) is 0 Å². The first-order chi connectivity index (χ1) is 6.29. The topological polar surface area (TPSA) is 52.9 Å². The smallest absolute Gasteiger partial charge is 0.417 e. The molecule has 0 spiro atoms. The lowest BCUT2D eigenvalue weighted by molar-refractivity contribution is 0.205. The van der Waals surface area contributed by atoms with Gasteiger partial charge < -0.3 is 5.11 Å². The first kappa shape index (κ1) is 7.79. The number of carbonyl (C=O) groups is 1. The number of rotatable bonds is 0. The predicted molar refractivity (Wildman–Crippen MR) is 49.1 cm³/mol. The number of fused-ring (bicyclic) bond motifs is 1. The number of para-hydroxylation sites is 1. The summed E-state index contributed by atoms with van der Waals surface area (Å²) in [6.07, 6.45) is 0.334. The van der Waals surface area contributed by atoms with Crippen LogP contribution >= 0.6 is 0 Å². The van der Waals surface area contributed by atoms with Crippen molar-refractivity contribution in [2.24, 2.45) is 4.99 Å². The van der Waals surface area contributed by atoms with E-state index in [4.69, 9.17) is 5.11 Å². The molecule has 0 bridgehead atoms. The molecule has 0 aliphatic carbocycles. The molecular weight excluding hydrogens is 168 g/mol. The third-order valence-corrected chi connectivity index (χ3v) is 1.92. The van der Waals surface area contributed by atoms with Crippen molar-refractivity contribution in [2.45, 2.75) is 6.54 Å². The van der Waals surface area contributed by atoms with Crippen LogP contribution in [0.4, 0.5) is 10.5 Å². The number of aliphatic imine (C=N–C) groups is 1. The molecular formula is C9H8N2O2. The highest BCUT2D eigenvalue weighted by Gasteiger charge is 2.17. The number of hydrogen-bond acceptors (Lipinski definition) is 2. The van der Waals surface area contributed by atoms with Gasteiger partial charge in [-0.2, -0.15) is 0 Å². The van der Waals surface area contributed by atoms with Crippen molar-refractivity contribution in [1.82, 2.24) is 0 Å². The highest BCUT2D eigenvalue weighted by atomic mass is 16.4. The number of hydrogen-bond donors (Lipinski definition) is 1. The molecule has 0 radical (unpaired) electrons. The Morgan fingerprint density at radius 3 is 3.00 bits per heavy atom. The van der Waals surface area contributed by atoms with Crippen LogP contribution < -0.4 is 4.90 Å². The maximum atomic E-state index is 10.8. The summed E-state index contributed by atoms with van der Waals surface area (Å²) in [4.78, 5) is 15.8. The van der Waals surface area contributed by atoms with Gasteiger partial charge in [-0.1, -0.05) is 18.2 Å². The normalized spacial score (nSPS) is 14.0. The molecule has 1 aromatic rings. The van der Waals surface area contributed by atoms with Crippen LogP contribution in [0, 0.1) is 0 Å². The van der Waals surface area contributed by atoms with E-state index in [0.717, 1.165) is 10.5 Å². The SMILES string of the molecule is O=C(O)N1C=NCc2ccccc21. The lowest BCUT2D eigenvalue weighted by Crippen LogP contribution is -2.30. The van der Waals surface area contributed by atoms with Crippen LogP contribution in [-0.4, -0.2) is 17.5 Å². The quantitative estimate of drug-likeness (QED) is 0.654. The van der Waals surface area contributed by atoms with Crippen molar-refractivity contribution in [3.05, 3.63) is 29.8 Å². The minimum atomic E-state index is -1.00. The second kappa shape index (κ2) is 2.90.